The van der Waals surface area contributed by atoms with Gasteiger partial charge in [0.1, 0.15) is 0 Å². The van der Waals surface area contributed by atoms with Crippen molar-refractivity contribution in [3.8, 4) is 0 Å². The Balaban J connectivity index is 0. The molecule has 0 aromatic heterocycles. The lowest BCUT2D eigenvalue weighted by Gasteiger charge is -1.97. The Morgan fingerprint density at radius 1 is 1.44 bits per heavy atom. The summed E-state index contributed by atoms with van der Waals surface area (Å²) in [5.74, 6) is -0.312. The maximum atomic E-state index is 9.44. The Morgan fingerprint density at radius 2 is 1.56 bits per heavy atom. The van der Waals surface area contributed by atoms with Crippen molar-refractivity contribution in [2.75, 3.05) is 18.3 Å². The Bertz CT molecular complexity index is 127. The van der Waals surface area contributed by atoms with Crippen LogP contribution in [0.5, 0.6) is 0 Å². The van der Waals surface area contributed by atoms with Gasteiger partial charge in [-0.1, -0.05) is 6.92 Å². The van der Waals surface area contributed by atoms with Crippen LogP contribution in [0.4, 0.5) is 0 Å². The summed E-state index contributed by atoms with van der Waals surface area (Å²) in [5, 5.41) is 0. The molecule has 0 unspecified atom stereocenters. The van der Waals surface area contributed by atoms with E-state index in [2.05, 4.69) is 12.5 Å². The van der Waals surface area contributed by atoms with E-state index in [0.717, 1.165) is 0 Å². The molecule has 0 radical (unpaired) electrons. The van der Waals surface area contributed by atoms with E-state index < -0.39 is 10.1 Å². The number of hydrogen-bond acceptors (Lipinski definition) is 3. The lowest BCUT2D eigenvalue weighted by Crippen LogP contribution is -1.98. The number of rotatable bonds is 1. The highest BCUT2D eigenvalue weighted by Gasteiger charge is 1.80. The van der Waals surface area contributed by atoms with E-state index in [0.29, 0.717) is 0 Å². The van der Waals surface area contributed by atoms with Gasteiger partial charge in [-0.3, -0.25) is 0 Å². The fraction of sp³-hybridized carbons (Fsp3) is 1.00. The van der Waals surface area contributed by atoms with E-state index in [1.807, 2.05) is 0 Å². The fourth-order valence-electron chi connectivity index (χ4n) is 0. The van der Waals surface area contributed by atoms with Crippen LogP contribution in [0.1, 0.15) is 6.92 Å². The Hall–Kier alpha value is 0.260. The zero-order valence-corrected chi connectivity index (χ0v) is 7.50. The molecule has 0 spiro atoms. The molecule has 0 aromatic carbocycles. The van der Waals surface area contributed by atoms with E-state index in [1.165, 1.54) is 18.7 Å². The lowest BCUT2D eigenvalue weighted by atomic mass is 11.0. The van der Waals surface area contributed by atoms with Crippen molar-refractivity contribution in [1.29, 1.82) is 0 Å². The van der Waals surface area contributed by atoms with Crippen LogP contribution in [0.25, 0.3) is 0 Å². The zero-order chi connectivity index (χ0) is 7.91. The quantitative estimate of drug-likeness (QED) is 0.307. The summed E-state index contributed by atoms with van der Waals surface area (Å²) in [6, 6.07) is 0. The topological polar surface area (TPSA) is 57.2 Å². The smallest absolute Gasteiger partial charge is 0.0949 e. The molecule has 0 atom stereocenters. The van der Waals surface area contributed by atoms with Gasteiger partial charge in [-0.05, 0) is 11.8 Å². The van der Waals surface area contributed by atoms with Crippen LogP contribution >= 0.6 is 0 Å². The minimum absolute atomic E-state index is 0.312. The second-order valence-corrected chi connectivity index (χ2v) is 3.88. The van der Waals surface area contributed by atoms with E-state index in [4.69, 9.17) is 0 Å². The third-order valence-corrected chi connectivity index (χ3v) is 1.06. The summed E-state index contributed by atoms with van der Waals surface area (Å²) in [7, 11) is -3.91. The highest BCUT2D eigenvalue weighted by atomic mass is 32.2. The van der Waals surface area contributed by atoms with E-state index in [-0.39, 0.29) is 5.75 Å². The monoisotopic (exact) mass is 172 g/mol. The fourth-order valence-corrected chi connectivity index (χ4v) is 0. The van der Waals surface area contributed by atoms with Crippen molar-refractivity contribution < 1.29 is 13.0 Å². The summed E-state index contributed by atoms with van der Waals surface area (Å²) < 4.78 is 28.3. The number of thiol groups is 1. The van der Waals surface area contributed by atoms with E-state index in [9.17, 15) is 13.0 Å². The molecule has 0 saturated heterocycles. The van der Waals surface area contributed by atoms with Crippen LogP contribution in [-0.2, 0) is 21.9 Å². The van der Waals surface area contributed by atoms with E-state index >= 15 is 0 Å². The van der Waals surface area contributed by atoms with Crippen molar-refractivity contribution in [3.05, 3.63) is 0 Å². The summed E-state index contributed by atoms with van der Waals surface area (Å²) in [6.07, 6.45) is 4.19. The zero-order valence-electron chi connectivity index (χ0n) is 5.79. The van der Waals surface area contributed by atoms with Gasteiger partial charge >= 0.3 is 0 Å². The first-order valence-electron chi connectivity index (χ1n) is 2.39. The second-order valence-electron chi connectivity index (χ2n) is 1.29. The van der Waals surface area contributed by atoms with E-state index in [1.54, 1.807) is 0 Å². The molecule has 0 amide bonds. The van der Waals surface area contributed by atoms with Crippen LogP contribution in [0.2, 0.25) is 0 Å². The Morgan fingerprint density at radius 3 is 1.56 bits per heavy atom. The maximum Gasteiger partial charge on any atom is 0.0949 e. The average Bonchev–Trinajstić information content (AvgIpc) is 1.67. The standard InChI is InChI=1S/C2H6O3S.C2H6S/c1-2-6(3,4)5;1-3-2/h2H2,1H3,(H,3,4,5);1-2H3. The van der Waals surface area contributed by atoms with Gasteiger partial charge in [0.05, 0.1) is 22.6 Å². The third-order valence-electron chi connectivity index (χ3n) is 0.354. The predicted molar refractivity (Wildman–Crippen MR) is 40.8 cm³/mol. The minimum Gasteiger partial charge on any atom is -0.748 e. The van der Waals surface area contributed by atoms with Gasteiger partial charge in [-0.25, -0.2) is 8.42 Å². The molecule has 0 rings (SSSR count). The predicted octanol–water partition coefficient (Wildman–Crippen LogP) is -0.388. The molecular weight excluding hydrogens is 160 g/mol. The third kappa shape index (κ3) is 30.5. The Labute approximate surface area is 60.6 Å². The van der Waals surface area contributed by atoms with Crippen molar-refractivity contribution in [1.82, 2.24) is 0 Å². The van der Waals surface area contributed by atoms with Gasteiger partial charge in [0.15, 0.2) is 0 Å². The molecule has 0 saturated carbocycles. The first-order chi connectivity index (χ1) is 3.97. The van der Waals surface area contributed by atoms with Crippen LogP contribution in [-0.4, -0.2) is 31.2 Å². The molecule has 0 bridgehead atoms. The van der Waals surface area contributed by atoms with Gasteiger partial charge in [0, 0.05) is 5.75 Å². The van der Waals surface area contributed by atoms with Gasteiger partial charge in [-0.15, -0.1) is 0 Å². The lowest BCUT2D eigenvalue weighted by molar-refractivity contribution is 0.464. The molecule has 0 fully saturated rings. The van der Waals surface area contributed by atoms with Crippen LogP contribution in [0, 0.1) is 0 Å². The normalized spacial score (nSPS) is 9.78. The largest absolute Gasteiger partial charge is 0.748 e. The van der Waals surface area contributed by atoms with Gasteiger partial charge in [-0.2, -0.15) is 0 Å². The molecule has 0 aliphatic carbocycles. The van der Waals surface area contributed by atoms with Crippen molar-refractivity contribution in [2.24, 2.45) is 0 Å². The highest BCUT2D eigenvalue weighted by Crippen LogP contribution is 1.73. The Kier molecular flexibility index (Phi) is 8.50. The SMILES string of the molecule is CCS(=O)(=O)[O-].C[SH+]C. The molecule has 0 aliphatic rings. The van der Waals surface area contributed by atoms with Crippen LogP contribution in [0.3, 0.4) is 0 Å². The molecule has 58 valence electrons. The first-order valence-corrected chi connectivity index (χ1v) is 5.76. The van der Waals surface area contributed by atoms with Gasteiger partial charge in [0.2, 0.25) is 0 Å². The van der Waals surface area contributed by atoms with Crippen LogP contribution < -0.4 is 0 Å². The molecule has 0 aliphatic heterocycles. The molecule has 9 heavy (non-hydrogen) atoms. The highest BCUT2D eigenvalue weighted by molar-refractivity contribution is 7.85. The van der Waals surface area contributed by atoms with Gasteiger partial charge in [0.25, 0.3) is 0 Å². The summed E-state index contributed by atoms with van der Waals surface area (Å²) in [5.41, 5.74) is 0. The van der Waals surface area contributed by atoms with Crippen molar-refractivity contribution in [2.45, 2.75) is 6.92 Å². The minimum atomic E-state index is -3.91. The molecular formula is C4H12O3S2. The van der Waals surface area contributed by atoms with Crippen molar-refractivity contribution >= 4 is 21.9 Å². The van der Waals surface area contributed by atoms with Gasteiger partial charge < -0.3 is 4.55 Å². The molecule has 5 heteroatoms. The average molecular weight is 172 g/mol. The maximum absolute atomic E-state index is 9.44. The summed E-state index contributed by atoms with van der Waals surface area (Å²) in [4.78, 5) is 0. The second kappa shape index (κ2) is 6.38. The summed E-state index contributed by atoms with van der Waals surface area (Å²) >= 11 is 1.42. The first kappa shape index (κ1) is 12.0. The molecule has 0 heterocycles. The molecule has 0 N–H and O–H groups in total. The summed E-state index contributed by atoms with van der Waals surface area (Å²) in [6.45, 7) is 1.31. The molecule has 3 nitrogen and oxygen atoms in total. The number of hydrogen-bond donors (Lipinski definition) is 0. The van der Waals surface area contributed by atoms with Crippen molar-refractivity contribution in [3.63, 3.8) is 0 Å². The molecule has 0 aromatic rings. The van der Waals surface area contributed by atoms with Crippen LogP contribution in [0.15, 0.2) is 0 Å².